The number of hydrogen-bond donors (Lipinski definition) is 0. The molecule has 0 radical (unpaired) electrons. The molecule has 5 nitrogen and oxygen atoms in total. The summed E-state index contributed by atoms with van der Waals surface area (Å²) in [5.41, 5.74) is 2.84. The summed E-state index contributed by atoms with van der Waals surface area (Å²) < 4.78 is 16.0. The van der Waals surface area contributed by atoms with Gasteiger partial charge in [-0.15, -0.1) is 0 Å². The average Bonchev–Trinajstić information content (AvgIpc) is 2.78. The van der Waals surface area contributed by atoms with Crippen LogP contribution in [0.2, 0.25) is 0 Å². The van der Waals surface area contributed by atoms with Crippen molar-refractivity contribution in [3.8, 4) is 17.2 Å². The van der Waals surface area contributed by atoms with Gasteiger partial charge in [0.05, 0.1) is 33.3 Å². The molecule has 1 amide bonds. The molecule has 0 bridgehead atoms. The second-order valence-corrected chi connectivity index (χ2v) is 6.85. The molecule has 0 unspecified atom stereocenters. The first-order chi connectivity index (χ1) is 14.2. The second kappa shape index (κ2) is 7.87. The van der Waals surface area contributed by atoms with Gasteiger partial charge in [-0.2, -0.15) is 0 Å². The largest absolute Gasteiger partial charge is 0.497 e. The topological polar surface area (TPSA) is 48.0 Å². The quantitative estimate of drug-likeness (QED) is 0.579. The minimum absolute atomic E-state index is 0.0521. The van der Waals surface area contributed by atoms with Crippen LogP contribution < -0.4 is 19.1 Å². The molecule has 3 aromatic rings. The van der Waals surface area contributed by atoms with Crippen molar-refractivity contribution < 1.29 is 19.0 Å². The van der Waals surface area contributed by atoms with Crippen LogP contribution in [0, 0.1) is 0 Å². The van der Waals surface area contributed by atoms with Crippen LogP contribution in [-0.2, 0) is 4.79 Å². The Balaban J connectivity index is 1.75. The van der Waals surface area contributed by atoms with Crippen molar-refractivity contribution in [2.75, 3.05) is 26.2 Å². The van der Waals surface area contributed by atoms with E-state index in [-0.39, 0.29) is 17.9 Å². The predicted molar refractivity (Wildman–Crippen MR) is 112 cm³/mol. The fourth-order valence-electron chi connectivity index (χ4n) is 3.88. The number of methoxy groups -OCH3 is 3. The summed E-state index contributed by atoms with van der Waals surface area (Å²) in [6.45, 7) is 0. The van der Waals surface area contributed by atoms with E-state index in [0.717, 1.165) is 22.6 Å². The molecule has 2 atom stereocenters. The number of amides is 1. The smallest absolute Gasteiger partial charge is 0.237 e. The maximum absolute atomic E-state index is 13.3. The third kappa shape index (κ3) is 3.29. The molecule has 1 heterocycles. The van der Waals surface area contributed by atoms with E-state index in [1.165, 1.54) is 0 Å². The van der Waals surface area contributed by atoms with Gasteiger partial charge < -0.3 is 19.1 Å². The molecule has 4 rings (SSSR count). The van der Waals surface area contributed by atoms with Crippen molar-refractivity contribution in [3.63, 3.8) is 0 Å². The van der Waals surface area contributed by atoms with E-state index in [1.807, 2.05) is 65.6 Å². The molecule has 148 valence electrons. The van der Waals surface area contributed by atoms with Crippen molar-refractivity contribution >= 4 is 11.6 Å². The van der Waals surface area contributed by atoms with Crippen molar-refractivity contribution in [2.24, 2.45) is 0 Å². The van der Waals surface area contributed by atoms with Crippen molar-refractivity contribution in [2.45, 2.75) is 12.0 Å². The van der Waals surface area contributed by atoms with E-state index in [2.05, 4.69) is 12.1 Å². The third-order valence-electron chi connectivity index (χ3n) is 5.36. The van der Waals surface area contributed by atoms with Crippen LogP contribution >= 0.6 is 0 Å². The van der Waals surface area contributed by atoms with Gasteiger partial charge in [-0.1, -0.05) is 36.4 Å². The number of hydrogen-bond acceptors (Lipinski definition) is 4. The van der Waals surface area contributed by atoms with Crippen LogP contribution in [0.25, 0.3) is 0 Å². The molecule has 0 saturated carbocycles. The van der Waals surface area contributed by atoms with Crippen LogP contribution in [0.4, 0.5) is 5.69 Å². The average molecular weight is 389 g/mol. The van der Waals surface area contributed by atoms with E-state index in [0.29, 0.717) is 11.5 Å². The Hall–Kier alpha value is -3.47. The van der Waals surface area contributed by atoms with Crippen molar-refractivity contribution in [1.29, 1.82) is 0 Å². The molecule has 0 aliphatic carbocycles. The highest BCUT2D eigenvalue weighted by molar-refractivity contribution is 6.06. The van der Waals surface area contributed by atoms with Gasteiger partial charge in [0.15, 0.2) is 11.5 Å². The van der Waals surface area contributed by atoms with Crippen LogP contribution in [0.3, 0.4) is 0 Å². The van der Waals surface area contributed by atoms with Gasteiger partial charge in [0.2, 0.25) is 5.91 Å². The van der Waals surface area contributed by atoms with E-state index in [9.17, 15) is 4.79 Å². The molecular formula is C24H23NO4. The van der Waals surface area contributed by atoms with E-state index in [4.69, 9.17) is 14.2 Å². The lowest BCUT2D eigenvalue weighted by Crippen LogP contribution is -2.53. The second-order valence-electron chi connectivity index (χ2n) is 6.85. The normalized spacial score (nSPS) is 18.2. The van der Waals surface area contributed by atoms with E-state index < -0.39 is 0 Å². The number of β-lactam (4-membered cyclic amide) rings is 1. The third-order valence-corrected chi connectivity index (χ3v) is 5.36. The van der Waals surface area contributed by atoms with Gasteiger partial charge in [0.25, 0.3) is 0 Å². The molecule has 1 aliphatic rings. The molecular weight excluding hydrogens is 366 g/mol. The lowest BCUT2D eigenvalue weighted by molar-refractivity contribution is -0.126. The Labute approximate surface area is 170 Å². The number of carbonyl (C=O) groups is 1. The van der Waals surface area contributed by atoms with Crippen LogP contribution in [-0.4, -0.2) is 27.2 Å². The van der Waals surface area contributed by atoms with Crippen molar-refractivity contribution in [1.82, 2.24) is 0 Å². The zero-order valence-corrected chi connectivity index (χ0v) is 16.7. The molecule has 5 heteroatoms. The fourth-order valence-corrected chi connectivity index (χ4v) is 3.88. The lowest BCUT2D eigenvalue weighted by Gasteiger charge is -2.47. The number of rotatable bonds is 6. The number of carbonyl (C=O) groups excluding carboxylic acids is 1. The Bertz CT molecular complexity index is 1000. The molecule has 1 aliphatic heterocycles. The predicted octanol–water partition coefficient (Wildman–Crippen LogP) is 4.58. The van der Waals surface area contributed by atoms with Gasteiger partial charge in [-0.25, -0.2) is 0 Å². The highest BCUT2D eigenvalue weighted by Crippen LogP contribution is 2.50. The van der Waals surface area contributed by atoms with E-state index in [1.54, 1.807) is 21.3 Å². The maximum Gasteiger partial charge on any atom is 0.237 e. The lowest BCUT2D eigenvalue weighted by atomic mass is 9.77. The van der Waals surface area contributed by atoms with Crippen LogP contribution in [0.1, 0.15) is 23.1 Å². The van der Waals surface area contributed by atoms with Gasteiger partial charge in [0, 0.05) is 5.69 Å². The van der Waals surface area contributed by atoms with Gasteiger partial charge >= 0.3 is 0 Å². The summed E-state index contributed by atoms with van der Waals surface area (Å²) in [5, 5.41) is 0. The molecule has 1 fully saturated rings. The van der Waals surface area contributed by atoms with Gasteiger partial charge in [-0.3, -0.25) is 4.79 Å². The Kier molecular flexibility index (Phi) is 5.12. The number of benzene rings is 3. The van der Waals surface area contributed by atoms with Gasteiger partial charge in [0.1, 0.15) is 5.75 Å². The monoisotopic (exact) mass is 389 g/mol. The Morgan fingerprint density at radius 3 is 2.03 bits per heavy atom. The summed E-state index contributed by atoms with van der Waals surface area (Å²) in [4.78, 5) is 15.1. The minimum atomic E-state index is -0.292. The number of ether oxygens (including phenoxy) is 3. The first-order valence-corrected chi connectivity index (χ1v) is 9.42. The first kappa shape index (κ1) is 18.9. The van der Waals surface area contributed by atoms with E-state index >= 15 is 0 Å². The summed E-state index contributed by atoms with van der Waals surface area (Å²) in [7, 11) is 4.83. The highest BCUT2D eigenvalue weighted by atomic mass is 16.5. The summed E-state index contributed by atoms with van der Waals surface area (Å²) >= 11 is 0. The SMILES string of the molecule is COc1ccc(N2C(=O)[C@@H](c3ccc(OC)c(OC)c3)[C@@H]2c2ccccc2)cc1. The standard InChI is InChI=1S/C24H23NO4/c1-27-19-12-10-18(11-13-19)25-23(16-7-5-4-6-8-16)22(24(25)26)17-9-14-20(28-2)21(15-17)29-3/h4-15,22-23H,1-3H3/t22-,23-/m0/s1. The zero-order chi connectivity index (χ0) is 20.4. The molecule has 3 aromatic carbocycles. The zero-order valence-electron chi connectivity index (χ0n) is 16.7. The highest BCUT2D eigenvalue weighted by Gasteiger charge is 2.49. The number of anilines is 1. The van der Waals surface area contributed by atoms with Gasteiger partial charge in [-0.05, 0) is 47.5 Å². The molecule has 0 N–H and O–H groups in total. The van der Waals surface area contributed by atoms with Crippen LogP contribution in [0.15, 0.2) is 72.8 Å². The summed E-state index contributed by atoms with van der Waals surface area (Å²) in [5.74, 6) is 1.78. The number of nitrogens with zero attached hydrogens (tertiary/aromatic N) is 1. The molecule has 29 heavy (non-hydrogen) atoms. The first-order valence-electron chi connectivity index (χ1n) is 9.42. The van der Waals surface area contributed by atoms with Crippen molar-refractivity contribution in [3.05, 3.63) is 83.9 Å². The van der Waals surface area contributed by atoms with Crippen LogP contribution in [0.5, 0.6) is 17.2 Å². The Morgan fingerprint density at radius 2 is 1.41 bits per heavy atom. The molecule has 1 saturated heterocycles. The summed E-state index contributed by atoms with van der Waals surface area (Å²) in [6.07, 6.45) is 0. The molecule has 0 spiro atoms. The maximum atomic E-state index is 13.3. The molecule has 0 aromatic heterocycles. The fraction of sp³-hybridized carbons (Fsp3) is 0.208. The minimum Gasteiger partial charge on any atom is -0.497 e. The summed E-state index contributed by atoms with van der Waals surface area (Å²) in [6, 6.07) is 23.2. The Morgan fingerprint density at radius 1 is 0.724 bits per heavy atom.